The van der Waals surface area contributed by atoms with Crippen molar-refractivity contribution in [2.45, 2.75) is 52.2 Å². The van der Waals surface area contributed by atoms with Crippen LogP contribution in [0.5, 0.6) is 0 Å². The zero-order valence-corrected chi connectivity index (χ0v) is 17.7. The molecule has 0 aromatic carbocycles. The fraction of sp³-hybridized carbons (Fsp3) is 0.667. The molecule has 0 unspecified atom stereocenters. The summed E-state index contributed by atoms with van der Waals surface area (Å²) >= 11 is 1.41. The number of rotatable bonds is 4. The number of carbonyl (C=O) groups is 3. The van der Waals surface area contributed by atoms with Crippen LogP contribution >= 0.6 is 11.8 Å². The van der Waals surface area contributed by atoms with Crippen LogP contribution in [0, 0.1) is 22.7 Å². The molecule has 0 bridgehead atoms. The van der Waals surface area contributed by atoms with Gasteiger partial charge in [-0.15, -0.1) is 11.8 Å². The average Bonchev–Trinajstić information content (AvgIpc) is 3.06. The van der Waals surface area contributed by atoms with Gasteiger partial charge in [-0.25, -0.2) is 4.79 Å². The summed E-state index contributed by atoms with van der Waals surface area (Å²) in [6.45, 7) is 9.79. The van der Waals surface area contributed by atoms with Gasteiger partial charge in [-0.2, -0.15) is 0 Å². The molecule has 6 nitrogen and oxygen atoms in total. The topological polar surface area (TPSA) is 78.9 Å². The van der Waals surface area contributed by atoms with Crippen LogP contribution in [-0.4, -0.2) is 43.0 Å². The summed E-state index contributed by atoms with van der Waals surface area (Å²) < 4.78 is 16.9. The number of esters is 3. The minimum Gasteiger partial charge on any atom is -0.461 e. The van der Waals surface area contributed by atoms with Crippen LogP contribution in [0.3, 0.4) is 0 Å². The first-order valence-electron chi connectivity index (χ1n) is 9.59. The first-order valence-corrected chi connectivity index (χ1v) is 10.9. The van der Waals surface area contributed by atoms with Crippen LogP contribution in [-0.2, 0) is 28.6 Å². The van der Waals surface area contributed by atoms with E-state index in [2.05, 4.69) is 20.4 Å². The Morgan fingerprint density at radius 1 is 1.32 bits per heavy atom. The molecule has 3 aliphatic rings. The smallest absolute Gasteiger partial charge is 0.331 e. The third kappa shape index (κ3) is 3.17. The Morgan fingerprint density at radius 2 is 2.04 bits per heavy atom. The molecule has 2 saturated carbocycles. The lowest BCUT2D eigenvalue weighted by Crippen LogP contribution is -2.50. The van der Waals surface area contributed by atoms with E-state index in [1.54, 1.807) is 5.41 Å². The number of hydrogen-bond donors (Lipinski definition) is 0. The van der Waals surface area contributed by atoms with E-state index in [4.69, 9.17) is 14.2 Å². The number of fused-ring (bicyclic) bond motifs is 1. The Kier molecular flexibility index (Phi) is 5.67. The first kappa shape index (κ1) is 21.0. The van der Waals surface area contributed by atoms with Crippen LogP contribution in [0.2, 0.25) is 0 Å². The predicted octanol–water partition coefficient (Wildman–Crippen LogP) is 3.26. The molecule has 3 rings (SSSR count). The lowest BCUT2D eigenvalue weighted by atomic mass is 9.61. The zero-order chi connectivity index (χ0) is 20.7. The first-order chi connectivity index (χ1) is 13.2. The molecule has 6 atom stereocenters. The molecule has 28 heavy (non-hydrogen) atoms. The normalized spacial score (nSPS) is 39.9. The Bertz CT molecular complexity index is 712. The van der Waals surface area contributed by atoms with Gasteiger partial charge in [-0.1, -0.05) is 20.4 Å². The molecule has 1 saturated heterocycles. The molecule has 0 aromatic heterocycles. The predicted molar refractivity (Wildman–Crippen MR) is 105 cm³/mol. The van der Waals surface area contributed by atoms with Gasteiger partial charge in [0.1, 0.15) is 24.2 Å². The lowest BCUT2D eigenvalue weighted by molar-refractivity contribution is -0.172. The molecule has 1 spiro atoms. The second-order valence-corrected chi connectivity index (χ2v) is 9.13. The third-order valence-electron chi connectivity index (χ3n) is 6.92. The lowest BCUT2D eigenvalue weighted by Gasteiger charge is -2.46. The van der Waals surface area contributed by atoms with Crippen molar-refractivity contribution in [1.29, 1.82) is 0 Å². The van der Waals surface area contributed by atoms with Gasteiger partial charge in [-0.3, -0.25) is 9.59 Å². The summed E-state index contributed by atoms with van der Waals surface area (Å²) in [6.07, 6.45) is 4.08. The minimum absolute atomic E-state index is 0.134. The van der Waals surface area contributed by atoms with Gasteiger partial charge in [0.05, 0.1) is 0 Å². The summed E-state index contributed by atoms with van der Waals surface area (Å²) in [5.41, 5.74) is -0.776. The van der Waals surface area contributed by atoms with Crippen molar-refractivity contribution in [3.8, 4) is 0 Å². The monoisotopic (exact) mass is 408 g/mol. The van der Waals surface area contributed by atoms with E-state index in [1.165, 1.54) is 24.8 Å². The quantitative estimate of drug-likeness (QED) is 0.306. The molecule has 154 valence electrons. The van der Waals surface area contributed by atoms with Crippen molar-refractivity contribution < 1.29 is 28.6 Å². The Labute approximate surface area is 170 Å². The second-order valence-electron chi connectivity index (χ2n) is 8.38. The number of cyclic esters (lactones) is 1. The van der Waals surface area contributed by atoms with Gasteiger partial charge in [-0.05, 0) is 47.8 Å². The largest absolute Gasteiger partial charge is 0.461 e. The number of thioether (sulfide) groups is 1. The van der Waals surface area contributed by atoms with Crippen LogP contribution in [0.1, 0.15) is 40.0 Å². The maximum atomic E-state index is 12.9. The van der Waals surface area contributed by atoms with E-state index in [0.717, 1.165) is 6.42 Å². The van der Waals surface area contributed by atoms with E-state index in [-0.39, 0.29) is 29.8 Å². The molecule has 0 amide bonds. The number of carbonyl (C=O) groups excluding carboxylic acids is 3. The molecule has 0 N–H and O–H groups in total. The van der Waals surface area contributed by atoms with Gasteiger partial charge >= 0.3 is 17.9 Å². The van der Waals surface area contributed by atoms with Crippen molar-refractivity contribution in [3.05, 3.63) is 23.6 Å². The fourth-order valence-corrected chi connectivity index (χ4v) is 5.63. The molecule has 2 aliphatic carbocycles. The van der Waals surface area contributed by atoms with Crippen LogP contribution in [0.25, 0.3) is 0 Å². The van der Waals surface area contributed by atoms with Crippen LogP contribution < -0.4 is 0 Å². The van der Waals surface area contributed by atoms with Gasteiger partial charge in [0, 0.05) is 18.9 Å². The SMILES string of the molecule is C=C1COC(=O)[C@]12C[C@@]1(C)[C@H]([C@@H](OC(=O)/C=C\SC)CC[C@@H]1C)[C@H]2OC(C)=O. The van der Waals surface area contributed by atoms with Gasteiger partial charge in [0.2, 0.25) is 0 Å². The van der Waals surface area contributed by atoms with Crippen molar-refractivity contribution >= 4 is 29.7 Å². The standard InChI is InChI=1S/C21H28O6S/c1-12-6-7-15(27-16(23)8-9-28-5)17-18(26-14(3)22)21(11-20(12,17)4)13(2)10-25-19(21)24/h8-9,12,15,17-18H,2,6-7,10-11H2,1,3-5H3/b9-8-/t12-,15-,17+,18+,20+,21+/m0/s1. The summed E-state index contributed by atoms with van der Waals surface area (Å²) in [7, 11) is 0. The van der Waals surface area contributed by atoms with E-state index in [0.29, 0.717) is 18.4 Å². The molecule has 0 radical (unpaired) electrons. The highest BCUT2D eigenvalue weighted by atomic mass is 32.2. The molecule has 7 heteroatoms. The maximum Gasteiger partial charge on any atom is 0.331 e. The highest BCUT2D eigenvalue weighted by Gasteiger charge is 2.71. The van der Waals surface area contributed by atoms with E-state index in [9.17, 15) is 14.4 Å². The van der Waals surface area contributed by atoms with Crippen molar-refractivity contribution in [2.75, 3.05) is 12.9 Å². The summed E-state index contributed by atoms with van der Waals surface area (Å²) in [4.78, 5) is 37.1. The highest BCUT2D eigenvalue weighted by molar-refractivity contribution is 8.01. The highest BCUT2D eigenvalue weighted by Crippen LogP contribution is 2.66. The van der Waals surface area contributed by atoms with Crippen molar-refractivity contribution in [2.24, 2.45) is 22.7 Å². The third-order valence-corrected chi connectivity index (χ3v) is 7.33. The van der Waals surface area contributed by atoms with Crippen LogP contribution in [0.4, 0.5) is 0 Å². The molecule has 1 aliphatic heterocycles. The fourth-order valence-electron chi connectivity index (χ4n) is 5.38. The summed E-state index contributed by atoms with van der Waals surface area (Å²) in [5.74, 6) is -1.31. The molecule has 1 heterocycles. The van der Waals surface area contributed by atoms with E-state index >= 15 is 0 Å². The van der Waals surface area contributed by atoms with Gasteiger partial charge in [0.15, 0.2) is 0 Å². The molecular weight excluding hydrogens is 380 g/mol. The molecule has 3 fully saturated rings. The summed E-state index contributed by atoms with van der Waals surface area (Å²) in [5, 5.41) is 1.67. The van der Waals surface area contributed by atoms with E-state index < -0.39 is 29.6 Å². The van der Waals surface area contributed by atoms with Crippen molar-refractivity contribution in [3.63, 3.8) is 0 Å². The minimum atomic E-state index is -1.07. The van der Waals surface area contributed by atoms with Gasteiger partial charge in [0.25, 0.3) is 0 Å². The summed E-state index contributed by atoms with van der Waals surface area (Å²) in [6, 6.07) is 0. The molecular formula is C21H28O6S. The van der Waals surface area contributed by atoms with Gasteiger partial charge < -0.3 is 14.2 Å². The zero-order valence-electron chi connectivity index (χ0n) is 16.9. The number of ether oxygens (including phenoxy) is 3. The Morgan fingerprint density at radius 3 is 2.61 bits per heavy atom. The Hall–Kier alpha value is -1.76. The second kappa shape index (κ2) is 7.58. The Balaban J connectivity index is 2.03. The maximum absolute atomic E-state index is 12.9. The van der Waals surface area contributed by atoms with Crippen molar-refractivity contribution in [1.82, 2.24) is 0 Å². The van der Waals surface area contributed by atoms with Crippen LogP contribution in [0.15, 0.2) is 23.6 Å². The number of hydrogen-bond acceptors (Lipinski definition) is 7. The molecule has 0 aromatic rings. The average molecular weight is 409 g/mol. The van der Waals surface area contributed by atoms with E-state index in [1.807, 2.05) is 6.26 Å².